The van der Waals surface area contributed by atoms with Gasteiger partial charge in [-0.25, -0.2) is 21.9 Å². The van der Waals surface area contributed by atoms with Gasteiger partial charge in [-0.05, 0) is 31.0 Å². The summed E-state index contributed by atoms with van der Waals surface area (Å²) < 4.78 is 37.7. The largest absolute Gasteiger partial charge is 0.334 e. The predicted octanol–water partition coefficient (Wildman–Crippen LogP) is 2.02. The molecule has 2 N–H and O–H groups in total. The number of piperidine rings is 1. The van der Waals surface area contributed by atoms with Crippen LogP contribution in [-0.2, 0) is 10.0 Å². The van der Waals surface area contributed by atoms with E-state index < -0.39 is 21.9 Å². The third-order valence-corrected chi connectivity index (χ3v) is 4.94. The second kappa shape index (κ2) is 6.80. The standard InChI is InChI=1S/C13H17ClFN3O3S/c1-22(20,21)18-6-2-3-10(8-18)17-13(19)16-9-4-5-11(14)12(15)7-9/h4-5,7,10H,2-3,6,8H2,1H3,(H2,16,17,19)/t10-/m1/s1. The number of carbonyl (C=O) groups excluding carboxylic acids is 1. The molecule has 0 radical (unpaired) electrons. The van der Waals surface area contributed by atoms with E-state index in [4.69, 9.17) is 11.6 Å². The fourth-order valence-electron chi connectivity index (χ4n) is 2.29. The summed E-state index contributed by atoms with van der Waals surface area (Å²) in [6.07, 6.45) is 2.51. The van der Waals surface area contributed by atoms with Crippen LogP contribution in [0.4, 0.5) is 14.9 Å². The van der Waals surface area contributed by atoms with Crippen molar-refractivity contribution < 1.29 is 17.6 Å². The number of nitrogens with one attached hydrogen (secondary N) is 2. The second-order valence-electron chi connectivity index (χ2n) is 5.19. The van der Waals surface area contributed by atoms with E-state index in [0.717, 1.165) is 12.3 Å². The number of halogens is 2. The summed E-state index contributed by atoms with van der Waals surface area (Å²) in [6.45, 7) is 0.697. The topological polar surface area (TPSA) is 78.5 Å². The van der Waals surface area contributed by atoms with Gasteiger partial charge in [-0.1, -0.05) is 11.6 Å². The number of sulfonamides is 1. The lowest BCUT2D eigenvalue weighted by molar-refractivity contribution is 0.236. The third kappa shape index (κ3) is 4.56. The highest BCUT2D eigenvalue weighted by Gasteiger charge is 2.26. The summed E-state index contributed by atoms with van der Waals surface area (Å²) in [4.78, 5) is 11.9. The average molecular weight is 350 g/mol. The maximum Gasteiger partial charge on any atom is 0.319 e. The van der Waals surface area contributed by atoms with Crippen LogP contribution in [0.15, 0.2) is 18.2 Å². The van der Waals surface area contributed by atoms with Crippen LogP contribution in [0.3, 0.4) is 0 Å². The smallest absolute Gasteiger partial charge is 0.319 e. The lowest BCUT2D eigenvalue weighted by Crippen LogP contribution is -2.50. The summed E-state index contributed by atoms with van der Waals surface area (Å²) in [5, 5.41) is 5.16. The minimum Gasteiger partial charge on any atom is -0.334 e. The number of amides is 2. The van der Waals surface area contributed by atoms with Crippen molar-refractivity contribution in [1.82, 2.24) is 9.62 Å². The van der Waals surface area contributed by atoms with Gasteiger partial charge in [-0.15, -0.1) is 0 Å². The van der Waals surface area contributed by atoms with Crippen LogP contribution in [0.5, 0.6) is 0 Å². The van der Waals surface area contributed by atoms with Gasteiger partial charge in [0.15, 0.2) is 0 Å². The highest BCUT2D eigenvalue weighted by molar-refractivity contribution is 7.88. The number of rotatable bonds is 3. The molecule has 2 rings (SSSR count). The van der Waals surface area contributed by atoms with E-state index in [1.165, 1.54) is 16.4 Å². The van der Waals surface area contributed by atoms with Gasteiger partial charge in [0.1, 0.15) is 5.82 Å². The van der Waals surface area contributed by atoms with Crippen LogP contribution >= 0.6 is 11.6 Å². The molecule has 1 saturated heterocycles. The number of hydrogen-bond donors (Lipinski definition) is 2. The van der Waals surface area contributed by atoms with E-state index in [-0.39, 0.29) is 23.3 Å². The Kier molecular flexibility index (Phi) is 5.25. The van der Waals surface area contributed by atoms with Crippen LogP contribution in [-0.4, -0.2) is 44.1 Å². The van der Waals surface area contributed by atoms with Crippen molar-refractivity contribution in [3.63, 3.8) is 0 Å². The van der Waals surface area contributed by atoms with Gasteiger partial charge in [0.2, 0.25) is 10.0 Å². The Labute approximate surface area is 133 Å². The molecule has 0 unspecified atom stereocenters. The van der Waals surface area contributed by atoms with E-state index in [1.807, 2.05) is 0 Å². The Bertz CT molecular complexity index is 668. The van der Waals surface area contributed by atoms with Crippen molar-refractivity contribution in [2.75, 3.05) is 24.7 Å². The van der Waals surface area contributed by atoms with Crippen LogP contribution in [0.25, 0.3) is 0 Å². The lowest BCUT2D eigenvalue weighted by Gasteiger charge is -2.31. The normalized spacial score (nSPS) is 19.7. The molecule has 0 saturated carbocycles. The molecule has 122 valence electrons. The maximum absolute atomic E-state index is 13.3. The van der Waals surface area contributed by atoms with Crippen molar-refractivity contribution >= 4 is 33.3 Å². The van der Waals surface area contributed by atoms with Crippen LogP contribution in [0.2, 0.25) is 5.02 Å². The molecular weight excluding hydrogens is 333 g/mol. The predicted molar refractivity (Wildman–Crippen MR) is 83.0 cm³/mol. The van der Waals surface area contributed by atoms with Gasteiger partial charge < -0.3 is 10.6 Å². The molecule has 0 aromatic heterocycles. The minimum atomic E-state index is -3.27. The molecule has 0 aliphatic carbocycles. The fraction of sp³-hybridized carbons (Fsp3) is 0.462. The molecule has 1 fully saturated rings. The number of benzene rings is 1. The van der Waals surface area contributed by atoms with Crippen molar-refractivity contribution in [2.24, 2.45) is 0 Å². The maximum atomic E-state index is 13.3. The van der Waals surface area contributed by atoms with Crippen molar-refractivity contribution in [2.45, 2.75) is 18.9 Å². The summed E-state index contributed by atoms with van der Waals surface area (Å²) >= 11 is 5.57. The first-order valence-corrected chi connectivity index (χ1v) is 8.96. The van der Waals surface area contributed by atoms with Gasteiger partial charge in [0.05, 0.1) is 11.3 Å². The molecule has 1 aromatic rings. The number of urea groups is 1. The minimum absolute atomic E-state index is 0.0259. The molecule has 2 amide bonds. The monoisotopic (exact) mass is 349 g/mol. The van der Waals surface area contributed by atoms with E-state index in [9.17, 15) is 17.6 Å². The summed E-state index contributed by atoms with van der Waals surface area (Å²) in [6, 6.07) is 3.15. The van der Waals surface area contributed by atoms with Crippen LogP contribution < -0.4 is 10.6 Å². The Morgan fingerprint density at radius 3 is 2.82 bits per heavy atom. The highest BCUT2D eigenvalue weighted by Crippen LogP contribution is 2.19. The summed E-state index contributed by atoms with van der Waals surface area (Å²) in [7, 11) is -3.27. The molecular formula is C13H17ClFN3O3S. The first-order valence-electron chi connectivity index (χ1n) is 6.73. The molecule has 6 nitrogen and oxygen atoms in total. The molecule has 1 atom stereocenters. The van der Waals surface area contributed by atoms with E-state index in [0.29, 0.717) is 19.4 Å². The van der Waals surface area contributed by atoms with E-state index >= 15 is 0 Å². The number of nitrogens with zero attached hydrogens (tertiary/aromatic N) is 1. The third-order valence-electron chi connectivity index (χ3n) is 3.37. The van der Waals surface area contributed by atoms with Crippen molar-refractivity contribution in [1.29, 1.82) is 0 Å². The van der Waals surface area contributed by atoms with Gasteiger partial charge in [-0.2, -0.15) is 0 Å². The van der Waals surface area contributed by atoms with Crippen molar-refractivity contribution in [3.05, 3.63) is 29.0 Å². The van der Waals surface area contributed by atoms with Gasteiger partial charge in [0.25, 0.3) is 0 Å². The first-order chi connectivity index (χ1) is 10.3. The zero-order valence-corrected chi connectivity index (χ0v) is 13.5. The fourth-order valence-corrected chi connectivity index (χ4v) is 3.32. The summed E-state index contributed by atoms with van der Waals surface area (Å²) in [5.41, 5.74) is 0.273. The number of carbonyl (C=O) groups is 1. The molecule has 9 heteroatoms. The average Bonchev–Trinajstić information content (AvgIpc) is 2.42. The molecule has 0 spiro atoms. The highest BCUT2D eigenvalue weighted by atomic mass is 35.5. The number of anilines is 1. The zero-order chi connectivity index (χ0) is 16.3. The quantitative estimate of drug-likeness (QED) is 0.876. The molecule has 1 aliphatic rings. The van der Waals surface area contributed by atoms with Crippen LogP contribution in [0, 0.1) is 5.82 Å². The SMILES string of the molecule is CS(=O)(=O)N1CCC[C@@H](NC(=O)Nc2ccc(Cl)c(F)c2)C1. The zero-order valence-electron chi connectivity index (χ0n) is 12.0. The Hall–Kier alpha value is -1.38. The molecule has 0 bridgehead atoms. The summed E-state index contributed by atoms with van der Waals surface area (Å²) in [5.74, 6) is -0.625. The van der Waals surface area contributed by atoms with E-state index in [2.05, 4.69) is 10.6 Å². The van der Waals surface area contributed by atoms with Gasteiger partial charge >= 0.3 is 6.03 Å². The Morgan fingerprint density at radius 1 is 1.45 bits per heavy atom. The van der Waals surface area contributed by atoms with Crippen LogP contribution in [0.1, 0.15) is 12.8 Å². The lowest BCUT2D eigenvalue weighted by atomic mass is 10.1. The van der Waals surface area contributed by atoms with Gasteiger partial charge in [0, 0.05) is 24.8 Å². The van der Waals surface area contributed by atoms with Crippen molar-refractivity contribution in [3.8, 4) is 0 Å². The number of hydrogen-bond acceptors (Lipinski definition) is 3. The molecule has 1 aromatic carbocycles. The second-order valence-corrected chi connectivity index (χ2v) is 7.58. The molecule has 22 heavy (non-hydrogen) atoms. The van der Waals surface area contributed by atoms with E-state index in [1.54, 1.807) is 0 Å². The first kappa shape index (κ1) is 17.0. The molecule has 1 heterocycles. The molecule has 1 aliphatic heterocycles. The Morgan fingerprint density at radius 2 is 2.18 bits per heavy atom. The van der Waals surface area contributed by atoms with Gasteiger partial charge in [-0.3, -0.25) is 0 Å². The Balaban J connectivity index is 1.92.